The number of carboxylic acids is 4. The summed E-state index contributed by atoms with van der Waals surface area (Å²) in [6.07, 6.45) is 10.1. The van der Waals surface area contributed by atoms with E-state index in [4.69, 9.17) is 15.9 Å². The van der Waals surface area contributed by atoms with Crippen LogP contribution in [0.3, 0.4) is 0 Å². The normalized spacial score (nSPS) is 10.7. The number of H-pyrrole nitrogens is 2. The molecule has 0 aliphatic rings. The van der Waals surface area contributed by atoms with Crippen molar-refractivity contribution in [3.63, 3.8) is 0 Å². The molecule has 0 bridgehead atoms. The van der Waals surface area contributed by atoms with Crippen LogP contribution in [0.4, 0.5) is 0 Å². The standard InChI is InChI=1S/2C6H6N2O2.C4H7NO4.Se/c2*9-6(10)2-1-5-3-7-4-8-5;5-2(4(8)9)1-3(6)7;/h2*1-4H,(H,7,8)(H,9,10);2H,1,5H2,(H,6,7)(H,8,9);/q;;;+2/p-2/t;;2-;/m..0./s1. The van der Waals surface area contributed by atoms with Crippen molar-refractivity contribution in [1.82, 2.24) is 19.9 Å². The van der Waals surface area contributed by atoms with Crippen molar-refractivity contribution in [3.8, 4) is 0 Å². The van der Waals surface area contributed by atoms with Crippen LogP contribution in [-0.4, -0.2) is 77.1 Å². The molecule has 0 aliphatic heterocycles. The quantitative estimate of drug-likeness (QED) is 0.193. The van der Waals surface area contributed by atoms with Crippen molar-refractivity contribution in [2.75, 3.05) is 0 Å². The van der Waals surface area contributed by atoms with E-state index in [1.165, 1.54) is 24.8 Å². The zero-order valence-corrected chi connectivity index (χ0v) is 16.8. The number of rotatable bonds is 7. The molecule has 2 aromatic heterocycles. The topological polar surface area (TPSA) is 238 Å². The average molecular weight is 486 g/mol. The van der Waals surface area contributed by atoms with Gasteiger partial charge >= 0.3 is 29.0 Å². The SMILES string of the molecule is N[C@@H](CC(=O)O)C(=O)O.O=C([O-])C=Cc1c[nH]cn1.O=C([O-])C=Cc1c[nH]cn1.[Se+2]. The fourth-order valence-electron chi connectivity index (χ4n) is 1.31. The molecule has 2 aromatic rings. The zero-order chi connectivity index (χ0) is 22.2. The third-order valence-corrected chi connectivity index (χ3v) is 2.53. The molecule has 2 rings (SSSR count). The fourth-order valence-corrected chi connectivity index (χ4v) is 1.31. The summed E-state index contributed by atoms with van der Waals surface area (Å²) in [6, 6.07) is -1.29. The summed E-state index contributed by atoms with van der Waals surface area (Å²) >= 11 is 0. The number of aromatic nitrogens is 4. The molecule has 0 aromatic carbocycles. The van der Waals surface area contributed by atoms with Gasteiger partial charge in [0.2, 0.25) is 0 Å². The molecular formula is C16H17N5O8Se. The Kier molecular flexibility index (Phi) is 15.4. The number of hydrogen-bond donors (Lipinski definition) is 5. The Balaban J connectivity index is 0. The largest absolute Gasteiger partial charge is 2.00 e. The van der Waals surface area contributed by atoms with Crippen molar-refractivity contribution < 1.29 is 39.6 Å². The summed E-state index contributed by atoms with van der Waals surface area (Å²) in [4.78, 5) is 52.2. The first kappa shape index (κ1) is 28.5. The van der Waals surface area contributed by atoms with Crippen LogP contribution >= 0.6 is 0 Å². The van der Waals surface area contributed by atoms with Crippen molar-refractivity contribution >= 4 is 53.1 Å². The molecule has 30 heavy (non-hydrogen) atoms. The molecule has 160 valence electrons. The molecule has 0 saturated carbocycles. The van der Waals surface area contributed by atoms with E-state index in [1.807, 2.05) is 0 Å². The van der Waals surface area contributed by atoms with Gasteiger partial charge in [-0.3, -0.25) is 9.59 Å². The predicted molar refractivity (Wildman–Crippen MR) is 98.9 cm³/mol. The van der Waals surface area contributed by atoms with E-state index in [1.54, 1.807) is 12.4 Å². The van der Waals surface area contributed by atoms with E-state index < -0.39 is 36.3 Å². The molecule has 0 saturated heterocycles. The van der Waals surface area contributed by atoms with Crippen LogP contribution in [-0.2, 0) is 19.2 Å². The molecule has 13 nitrogen and oxygen atoms in total. The maximum absolute atomic E-state index is 9.86. The first-order valence-corrected chi connectivity index (χ1v) is 7.57. The first-order chi connectivity index (χ1) is 13.6. The number of nitrogens with two attached hydrogens (primary N) is 1. The Hall–Kier alpha value is -3.74. The number of aromatic amines is 2. The second-order valence-corrected chi connectivity index (χ2v) is 4.84. The van der Waals surface area contributed by atoms with Crippen LogP contribution in [0.25, 0.3) is 12.2 Å². The minimum absolute atomic E-state index is 0. The minimum Gasteiger partial charge on any atom is -0.545 e. The Morgan fingerprint density at radius 1 is 0.967 bits per heavy atom. The monoisotopic (exact) mass is 487 g/mol. The van der Waals surface area contributed by atoms with Gasteiger partial charge < -0.3 is 45.7 Å². The van der Waals surface area contributed by atoms with Gasteiger partial charge in [-0.2, -0.15) is 0 Å². The van der Waals surface area contributed by atoms with Crippen molar-refractivity contribution in [1.29, 1.82) is 0 Å². The summed E-state index contributed by atoms with van der Waals surface area (Å²) in [7, 11) is 0. The third-order valence-electron chi connectivity index (χ3n) is 2.53. The average Bonchev–Trinajstić information content (AvgIpc) is 3.32. The van der Waals surface area contributed by atoms with Gasteiger partial charge in [-0.15, -0.1) is 0 Å². The molecular weight excluding hydrogens is 469 g/mol. The van der Waals surface area contributed by atoms with E-state index in [9.17, 15) is 29.4 Å². The Morgan fingerprint density at radius 3 is 1.57 bits per heavy atom. The number of hydrogen-bond acceptors (Lipinski definition) is 9. The van der Waals surface area contributed by atoms with Crippen LogP contribution in [0, 0.1) is 0 Å². The summed E-state index contributed by atoms with van der Waals surface area (Å²) in [5.74, 6) is -4.94. The van der Waals surface area contributed by atoms with Crippen LogP contribution in [0.5, 0.6) is 0 Å². The van der Waals surface area contributed by atoms with Crippen LogP contribution in [0.15, 0.2) is 37.2 Å². The Bertz CT molecular complexity index is 780. The van der Waals surface area contributed by atoms with Gasteiger partial charge in [0, 0.05) is 12.4 Å². The van der Waals surface area contributed by atoms with E-state index in [2.05, 4.69) is 19.9 Å². The number of carbonyl (C=O) groups is 4. The number of nitrogens with one attached hydrogen (secondary N) is 2. The summed E-state index contributed by atoms with van der Waals surface area (Å²) in [5, 5.41) is 35.7. The van der Waals surface area contributed by atoms with Gasteiger partial charge in [0.05, 0.1) is 42.4 Å². The molecule has 4 radical (unpaired) electrons. The van der Waals surface area contributed by atoms with Gasteiger partial charge in [-0.1, -0.05) is 0 Å². The van der Waals surface area contributed by atoms with E-state index in [0.717, 1.165) is 12.2 Å². The van der Waals surface area contributed by atoms with Gasteiger partial charge in [0.15, 0.2) is 0 Å². The third kappa shape index (κ3) is 16.4. The minimum atomic E-state index is -1.29. The molecule has 2 heterocycles. The van der Waals surface area contributed by atoms with Crippen molar-refractivity contribution in [2.45, 2.75) is 12.5 Å². The molecule has 6 N–H and O–H groups in total. The van der Waals surface area contributed by atoms with Crippen LogP contribution in [0.2, 0.25) is 0 Å². The van der Waals surface area contributed by atoms with Crippen molar-refractivity contribution in [3.05, 3.63) is 48.6 Å². The molecule has 0 amide bonds. The molecule has 0 spiro atoms. The fraction of sp³-hybridized carbons (Fsp3) is 0.125. The van der Waals surface area contributed by atoms with E-state index >= 15 is 0 Å². The maximum Gasteiger partial charge on any atom is 2.00 e. The number of carbonyl (C=O) groups excluding carboxylic acids is 2. The second kappa shape index (κ2) is 16.2. The molecule has 14 heteroatoms. The molecule has 0 aliphatic carbocycles. The number of nitrogens with zero attached hydrogens (tertiary/aromatic N) is 2. The smallest absolute Gasteiger partial charge is 0.545 e. The van der Waals surface area contributed by atoms with E-state index in [-0.39, 0.29) is 17.1 Å². The Morgan fingerprint density at radius 2 is 1.37 bits per heavy atom. The number of imidazole rings is 2. The van der Waals surface area contributed by atoms with E-state index in [0.29, 0.717) is 11.4 Å². The number of aliphatic carboxylic acids is 4. The Labute approximate surface area is 179 Å². The second-order valence-electron chi connectivity index (χ2n) is 4.84. The molecule has 0 fully saturated rings. The summed E-state index contributed by atoms with van der Waals surface area (Å²) in [6.45, 7) is 0. The molecule has 0 unspecified atom stereocenters. The van der Waals surface area contributed by atoms with Gasteiger partial charge in [-0.25, -0.2) is 9.97 Å². The van der Waals surface area contributed by atoms with Gasteiger partial charge in [-0.05, 0) is 24.3 Å². The predicted octanol–water partition coefficient (Wildman–Crippen LogP) is -3.16. The van der Waals surface area contributed by atoms with Crippen LogP contribution < -0.4 is 15.9 Å². The van der Waals surface area contributed by atoms with Gasteiger partial charge in [0.1, 0.15) is 6.04 Å². The summed E-state index contributed by atoms with van der Waals surface area (Å²) < 4.78 is 0. The maximum atomic E-state index is 9.86. The first-order valence-electron chi connectivity index (χ1n) is 7.57. The summed E-state index contributed by atoms with van der Waals surface area (Å²) in [5.41, 5.74) is 5.98. The van der Waals surface area contributed by atoms with Crippen molar-refractivity contribution in [2.24, 2.45) is 5.73 Å². The molecule has 1 atom stereocenters. The van der Waals surface area contributed by atoms with Gasteiger partial charge in [0.25, 0.3) is 0 Å². The zero-order valence-electron chi connectivity index (χ0n) is 15.1. The number of carboxylic acid groups (broad SMARTS) is 4. The van der Waals surface area contributed by atoms with Crippen LogP contribution in [0.1, 0.15) is 17.8 Å².